The lowest BCUT2D eigenvalue weighted by Gasteiger charge is -2.10. The third kappa shape index (κ3) is 10.1. The predicted octanol–water partition coefficient (Wildman–Crippen LogP) is 1.38. The van der Waals surface area contributed by atoms with Crippen molar-refractivity contribution in [1.29, 1.82) is 0 Å². The molecule has 0 spiro atoms. The molecule has 0 saturated carbocycles. The average molecular weight is 486 g/mol. The van der Waals surface area contributed by atoms with Gasteiger partial charge in [-0.2, -0.15) is 0 Å². The molecule has 2 saturated heterocycles. The zero-order valence-electron chi connectivity index (χ0n) is 11.1. The molecule has 0 aromatic heterocycles. The van der Waals surface area contributed by atoms with Crippen molar-refractivity contribution < 1.29 is 10.2 Å². The second-order valence-corrected chi connectivity index (χ2v) is 4.54. The Hall–Kier alpha value is 1.30. The molecule has 0 bridgehead atoms. The van der Waals surface area contributed by atoms with Gasteiger partial charge in [0.15, 0.2) is 0 Å². The van der Waals surface area contributed by atoms with Gasteiger partial charge in [-0.15, -0.1) is 48.0 Å². The normalized spacial score (nSPS) is 19.7. The van der Waals surface area contributed by atoms with Crippen LogP contribution >= 0.6 is 48.0 Å². The van der Waals surface area contributed by atoms with Crippen LogP contribution in [0.3, 0.4) is 0 Å². The Labute approximate surface area is 145 Å². The van der Waals surface area contributed by atoms with Crippen molar-refractivity contribution >= 4 is 48.0 Å². The van der Waals surface area contributed by atoms with E-state index in [1.807, 2.05) is 0 Å². The van der Waals surface area contributed by atoms with Gasteiger partial charge < -0.3 is 20.0 Å². The molecular formula is C12H28I2N2O2. The summed E-state index contributed by atoms with van der Waals surface area (Å²) in [5.41, 5.74) is 0. The second kappa shape index (κ2) is 14.7. The summed E-state index contributed by atoms with van der Waals surface area (Å²) in [6.07, 6.45) is 5.28. The molecule has 4 nitrogen and oxygen atoms in total. The maximum atomic E-state index is 8.48. The van der Waals surface area contributed by atoms with Crippen LogP contribution in [0.4, 0.5) is 0 Å². The van der Waals surface area contributed by atoms with Crippen LogP contribution in [0.5, 0.6) is 0 Å². The van der Waals surface area contributed by atoms with Crippen LogP contribution in [0.25, 0.3) is 0 Å². The lowest BCUT2D eigenvalue weighted by atomic mass is 10.4. The summed E-state index contributed by atoms with van der Waals surface area (Å²) in [7, 11) is 0. The lowest BCUT2D eigenvalue weighted by Crippen LogP contribution is -2.22. The number of hydrogen-bond donors (Lipinski definition) is 2. The molecule has 0 amide bonds. The van der Waals surface area contributed by atoms with E-state index in [1.165, 1.54) is 51.9 Å². The van der Waals surface area contributed by atoms with Gasteiger partial charge in [0.2, 0.25) is 0 Å². The van der Waals surface area contributed by atoms with Gasteiger partial charge in [0, 0.05) is 13.1 Å². The number of nitrogens with zero attached hydrogens (tertiary/aromatic N) is 2. The van der Waals surface area contributed by atoms with E-state index in [9.17, 15) is 0 Å². The molecule has 2 fully saturated rings. The van der Waals surface area contributed by atoms with Crippen LogP contribution < -0.4 is 0 Å². The number of aliphatic hydroxyl groups excluding tert-OH is 2. The Morgan fingerprint density at radius 3 is 1.11 bits per heavy atom. The van der Waals surface area contributed by atoms with Gasteiger partial charge in [0.05, 0.1) is 13.2 Å². The fraction of sp³-hybridized carbons (Fsp3) is 1.00. The first-order valence-electron chi connectivity index (χ1n) is 6.53. The monoisotopic (exact) mass is 486 g/mol. The zero-order valence-corrected chi connectivity index (χ0v) is 15.8. The Kier molecular flexibility index (Phi) is 17.6. The van der Waals surface area contributed by atoms with Crippen LogP contribution in [0, 0.1) is 0 Å². The quantitative estimate of drug-likeness (QED) is 0.591. The molecule has 0 atom stereocenters. The van der Waals surface area contributed by atoms with E-state index in [-0.39, 0.29) is 48.0 Å². The van der Waals surface area contributed by atoms with E-state index in [2.05, 4.69) is 9.80 Å². The number of halogens is 2. The molecule has 2 rings (SSSR count). The summed E-state index contributed by atoms with van der Waals surface area (Å²) in [6, 6.07) is 0. The van der Waals surface area contributed by atoms with E-state index in [0.717, 1.165) is 13.1 Å². The maximum absolute atomic E-state index is 8.48. The molecule has 0 aliphatic carbocycles. The number of β-amino-alcohol motifs (C(OH)–C–C–N with tert-alkyl or cyclic N) is 2. The Morgan fingerprint density at radius 1 is 0.611 bits per heavy atom. The number of rotatable bonds is 4. The van der Waals surface area contributed by atoms with Crippen molar-refractivity contribution in [1.82, 2.24) is 9.80 Å². The molecule has 2 heterocycles. The first-order valence-corrected chi connectivity index (χ1v) is 6.53. The average Bonchev–Trinajstić information content (AvgIpc) is 2.92. The molecule has 0 aromatic rings. The van der Waals surface area contributed by atoms with Crippen molar-refractivity contribution in [2.45, 2.75) is 25.7 Å². The predicted molar refractivity (Wildman–Crippen MR) is 96.3 cm³/mol. The molecule has 2 aliphatic heterocycles. The summed E-state index contributed by atoms with van der Waals surface area (Å²) >= 11 is 0. The summed E-state index contributed by atoms with van der Waals surface area (Å²) in [4.78, 5) is 4.58. The summed E-state index contributed by atoms with van der Waals surface area (Å²) < 4.78 is 0. The molecule has 2 N–H and O–H groups in total. The highest BCUT2D eigenvalue weighted by Crippen LogP contribution is 2.05. The SMILES string of the molecule is I.I.OCCN1CCCC1.OCCN1CCCC1. The highest BCUT2D eigenvalue weighted by molar-refractivity contribution is 14.0. The van der Waals surface area contributed by atoms with E-state index in [0.29, 0.717) is 13.2 Å². The summed E-state index contributed by atoms with van der Waals surface area (Å²) in [5, 5.41) is 17.0. The van der Waals surface area contributed by atoms with E-state index >= 15 is 0 Å². The smallest absolute Gasteiger partial charge is 0.0558 e. The first kappa shape index (κ1) is 21.6. The largest absolute Gasteiger partial charge is 0.395 e. The van der Waals surface area contributed by atoms with Gasteiger partial charge in [-0.1, -0.05) is 0 Å². The Morgan fingerprint density at radius 2 is 0.889 bits per heavy atom. The Balaban J connectivity index is 0. The first-order chi connectivity index (χ1) is 7.86. The highest BCUT2D eigenvalue weighted by Gasteiger charge is 2.09. The minimum atomic E-state index is 0. The molecule has 0 aromatic carbocycles. The van der Waals surface area contributed by atoms with Gasteiger partial charge in [-0.05, 0) is 51.9 Å². The standard InChI is InChI=1S/2C6H13NO.2HI/c2*8-6-5-7-3-1-2-4-7;;/h2*8H,1-6H2;2*1H. The molecule has 2 aliphatic rings. The van der Waals surface area contributed by atoms with Crippen LogP contribution in [-0.4, -0.2) is 72.5 Å². The van der Waals surface area contributed by atoms with E-state index in [1.54, 1.807) is 0 Å². The molecule has 0 radical (unpaired) electrons. The molecule has 6 heteroatoms. The second-order valence-electron chi connectivity index (χ2n) is 4.54. The number of hydrogen-bond acceptors (Lipinski definition) is 4. The summed E-state index contributed by atoms with van der Waals surface area (Å²) in [5.74, 6) is 0. The molecular weight excluding hydrogens is 458 g/mol. The maximum Gasteiger partial charge on any atom is 0.0558 e. The van der Waals surface area contributed by atoms with Gasteiger partial charge in [0.25, 0.3) is 0 Å². The topological polar surface area (TPSA) is 46.9 Å². The number of aliphatic hydroxyl groups is 2. The van der Waals surface area contributed by atoms with Gasteiger partial charge in [-0.3, -0.25) is 0 Å². The molecule has 112 valence electrons. The minimum Gasteiger partial charge on any atom is -0.395 e. The zero-order chi connectivity index (χ0) is 11.6. The fourth-order valence-corrected chi connectivity index (χ4v) is 2.30. The van der Waals surface area contributed by atoms with Crippen LogP contribution in [0.2, 0.25) is 0 Å². The van der Waals surface area contributed by atoms with Crippen molar-refractivity contribution in [3.63, 3.8) is 0 Å². The number of likely N-dealkylation sites (tertiary alicyclic amines) is 2. The Bertz CT molecular complexity index is 146. The van der Waals surface area contributed by atoms with Crippen molar-refractivity contribution in [2.24, 2.45) is 0 Å². The molecule has 18 heavy (non-hydrogen) atoms. The fourth-order valence-electron chi connectivity index (χ4n) is 2.30. The van der Waals surface area contributed by atoms with Crippen molar-refractivity contribution in [2.75, 3.05) is 52.5 Å². The summed E-state index contributed by atoms with van der Waals surface area (Å²) in [6.45, 7) is 7.17. The third-order valence-corrected chi connectivity index (χ3v) is 3.23. The minimum absolute atomic E-state index is 0. The molecule has 0 unspecified atom stereocenters. The van der Waals surface area contributed by atoms with E-state index in [4.69, 9.17) is 10.2 Å². The van der Waals surface area contributed by atoms with Crippen LogP contribution in [0.15, 0.2) is 0 Å². The van der Waals surface area contributed by atoms with Crippen molar-refractivity contribution in [3.8, 4) is 0 Å². The van der Waals surface area contributed by atoms with E-state index < -0.39 is 0 Å². The van der Waals surface area contributed by atoms with Crippen LogP contribution in [-0.2, 0) is 0 Å². The van der Waals surface area contributed by atoms with Crippen LogP contribution in [0.1, 0.15) is 25.7 Å². The highest BCUT2D eigenvalue weighted by atomic mass is 127. The third-order valence-electron chi connectivity index (χ3n) is 3.23. The van der Waals surface area contributed by atoms with Gasteiger partial charge in [0.1, 0.15) is 0 Å². The van der Waals surface area contributed by atoms with Gasteiger partial charge >= 0.3 is 0 Å². The van der Waals surface area contributed by atoms with Crippen molar-refractivity contribution in [3.05, 3.63) is 0 Å². The lowest BCUT2D eigenvalue weighted by molar-refractivity contribution is 0.221. The van der Waals surface area contributed by atoms with Gasteiger partial charge in [-0.25, -0.2) is 0 Å².